The Morgan fingerprint density at radius 1 is 1.59 bits per heavy atom. The molecule has 0 fully saturated rings. The molecule has 0 saturated carbocycles. The third-order valence-corrected chi connectivity index (χ3v) is 3.20. The highest BCUT2D eigenvalue weighted by atomic mass is 32.1. The summed E-state index contributed by atoms with van der Waals surface area (Å²) in [5, 5.41) is 27.5. The van der Waals surface area contributed by atoms with Crippen molar-refractivity contribution in [1.82, 2.24) is 0 Å². The van der Waals surface area contributed by atoms with Crippen LogP contribution in [0.3, 0.4) is 0 Å². The van der Waals surface area contributed by atoms with Gasteiger partial charge in [0.05, 0.1) is 25.2 Å². The highest BCUT2D eigenvalue weighted by Crippen LogP contribution is 2.27. The van der Waals surface area contributed by atoms with Gasteiger partial charge in [0.15, 0.2) is 0 Å². The second kappa shape index (κ2) is 6.35. The van der Waals surface area contributed by atoms with Gasteiger partial charge in [-0.2, -0.15) is 5.26 Å². The number of aliphatic hydroxyl groups excluding tert-OH is 2. The van der Waals surface area contributed by atoms with E-state index in [0.29, 0.717) is 9.75 Å². The van der Waals surface area contributed by atoms with Crippen LogP contribution in [-0.4, -0.2) is 28.9 Å². The summed E-state index contributed by atoms with van der Waals surface area (Å²) in [6.45, 7) is 1.99. The van der Waals surface area contributed by atoms with Crippen molar-refractivity contribution in [2.75, 3.05) is 6.61 Å². The number of carbonyl (C=O) groups excluding carboxylic acids is 1. The topological polar surface area (TPSA) is 90.6 Å². The van der Waals surface area contributed by atoms with Crippen LogP contribution in [0.4, 0.5) is 0 Å². The molecule has 0 amide bonds. The van der Waals surface area contributed by atoms with Crippen molar-refractivity contribution >= 4 is 17.3 Å². The van der Waals surface area contributed by atoms with Gasteiger partial charge >= 0.3 is 5.97 Å². The quantitative estimate of drug-likeness (QED) is 0.772. The smallest absolute Gasteiger partial charge is 0.348 e. The number of thiophene rings is 1. The monoisotopic (exact) mass is 255 g/mol. The van der Waals surface area contributed by atoms with Crippen molar-refractivity contribution in [3.63, 3.8) is 0 Å². The Labute approximate surface area is 103 Å². The maximum absolute atomic E-state index is 11.4. The average Bonchev–Trinajstić information content (AvgIpc) is 2.78. The Bertz CT molecular complexity index is 423. The van der Waals surface area contributed by atoms with Crippen molar-refractivity contribution in [3.8, 4) is 6.07 Å². The molecule has 2 N–H and O–H groups in total. The van der Waals surface area contributed by atoms with E-state index >= 15 is 0 Å². The molecular formula is C11H13NO4S. The molecule has 6 heteroatoms. The molecule has 0 aliphatic rings. The number of ether oxygens (including phenoxy) is 1. The zero-order valence-electron chi connectivity index (χ0n) is 9.29. The molecule has 0 aromatic carbocycles. The average molecular weight is 255 g/mol. The van der Waals surface area contributed by atoms with Crippen LogP contribution in [0.25, 0.3) is 0 Å². The summed E-state index contributed by atoms with van der Waals surface area (Å²) in [6, 6.07) is 4.84. The molecule has 1 rings (SSSR count). The van der Waals surface area contributed by atoms with E-state index in [-0.39, 0.29) is 13.0 Å². The summed E-state index contributed by atoms with van der Waals surface area (Å²) in [6.07, 6.45) is -2.45. The molecule has 17 heavy (non-hydrogen) atoms. The van der Waals surface area contributed by atoms with E-state index in [9.17, 15) is 15.0 Å². The number of carbonyl (C=O) groups is 1. The number of esters is 1. The first-order valence-corrected chi connectivity index (χ1v) is 5.91. The number of aliphatic hydroxyl groups is 2. The van der Waals surface area contributed by atoms with Gasteiger partial charge in [0.2, 0.25) is 0 Å². The Balaban J connectivity index is 2.74. The first kappa shape index (κ1) is 13.6. The van der Waals surface area contributed by atoms with Crippen LogP contribution < -0.4 is 0 Å². The highest BCUT2D eigenvalue weighted by molar-refractivity contribution is 7.14. The van der Waals surface area contributed by atoms with Crippen molar-refractivity contribution in [2.45, 2.75) is 25.6 Å². The molecule has 0 spiro atoms. The number of nitrogens with zero attached hydrogens (tertiary/aromatic N) is 1. The van der Waals surface area contributed by atoms with E-state index in [2.05, 4.69) is 0 Å². The maximum Gasteiger partial charge on any atom is 0.348 e. The van der Waals surface area contributed by atoms with Crippen LogP contribution in [0, 0.1) is 11.3 Å². The molecule has 1 aromatic heterocycles. The van der Waals surface area contributed by atoms with Crippen LogP contribution in [0.2, 0.25) is 0 Å². The molecule has 92 valence electrons. The molecule has 2 atom stereocenters. The fraction of sp³-hybridized carbons (Fsp3) is 0.455. The molecule has 1 aromatic rings. The Morgan fingerprint density at radius 3 is 2.88 bits per heavy atom. The van der Waals surface area contributed by atoms with E-state index < -0.39 is 18.2 Å². The summed E-state index contributed by atoms with van der Waals surface area (Å²) in [5.41, 5.74) is 0. The first-order valence-electron chi connectivity index (χ1n) is 5.10. The summed E-state index contributed by atoms with van der Waals surface area (Å²) in [5.74, 6) is -0.453. The van der Waals surface area contributed by atoms with Crippen molar-refractivity contribution in [2.24, 2.45) is 0 Å². The zero-order valence-corrected chi connectivity index (χ0v) is 10.1. The molecule has 0 bridgehead atoms. The van der Waals surface area contributed by atoms with Gasteiger partial charge in [-0.3, -0.25) is 0 Å². The van der Waals surface area contributed by atoms with E-state index in [4.69, 9.17) is 10.00 Å². The van der Waals surface area contributed by atoms with Gasteiger partial charge in [-0.15, -0.1) is 11.3 Å². The summed E-state index contributed by atoms with van der Waals surface area (Å²) < 4.78 is 4.80. The Kier molecular flexibility index (Phi) is 5.10. The molecule has 1 heterocycles. The SMILES string of the molecule is CCOC(=O)c1ccc(C(O)C(O)CC#N)s1. The molecule has 0 radical (unpaired) electrons. The first-order chi connectivity index (χ1) is 8.10. The summed E-state index contributed by atoms with van der Waals surface area (Å²) in [7, 11) is 0. The fourth-order valence-corrected chi connectivity index (χ4v) is 2.16. The predicted octanol–water partition coefficient (Wildman–Crippen LogP) is 1.23. The van der Waals surface area contributed by atoms with Crippen LogP contribution in [0.5, 0.6) is 0 Å². The van der Waals surface area contributed by atoms with Crippen LogP contribution >= 0.6 is 11.3 Å². The predicted molar refractivity (Wildman–Crippen MR) is 61.5 cm³/mol. The van der Waals surface area contributed by atoms with Gasteiger partial charge in [-0.1, -0.05) is 0 Å². The van der Waals surface area contributed by atoms with E-state index in [0.717, 1.165) is 11.3 Å². The van der Waals surface area contributed by atoms with Crippen LogP contribution in [0.1, 0.15) is 34.0 Å². The van der Waals surface area contributed by atoms with Gasteiger partial charge in [0.25, 0.3) is 0 Å². The van der Waals surface area contributed by atoms with E-state index in [1.54, 1.807) is 19.1 Å². The fourth-order valence-electron chi connectivity index (χ4n) is 1.22. The lowest BCUT2D eigenvalue weighted by Crippen LogP contribution is -2.16. The van der Waals surface area contributed by atoms with E-state index in [1.165, 1.54) is 6.07 Å². The lowest BCUT2D eigenvalue weighted by molar-refractivity contribution is 0.0238. The van der Waals surface area contributed by atoms with Gasteiger partial charge in [-0.25, -0.2) is 4.79 Å². The second-order valence-corrected chi connectivity index (χ2v) is 4.41. The third kappa shape index (κ3) is 3.53. The molecular weight excluding hydrogens is 242 g/mol. The number of nitriles is 1. The minimum Gasteiger partial charge on any atom is -0.462 e. The second-order valence-electron chi connectivity index (χ2n) is 3.30. The van der Waals surface area contributed by atoms with Gasteiger partial charge in [-0.05, 0) is 19.1 Å². The van der Waals surface area contributed by atoms with Gasteiger partial charge < -0.3 is 14.9 Å². The molecule has 0 saturated heterocycles. The number of rotatable bonds is 5. The van der Waals surface area contributed by atoms with Gasteiger partial charge in [0.1, 0.15) is 11.0 Å². The number of hydrogen-bond donors (Lipinski definition) is 2. The zero-order chi connectivity index (χ0) is 12.8. The molecule has 2 unspecified atom stereocenters. The summed E-state index contributed by atoms with van der Waals surface area (Å²) in [4.78, 5) is 12.2. The Hall–Kier alpha value is -1.42. The largest absolute Gasteiger partial charge is 0.462 e. The van der Waals surface area contributed by atoms with Crippen molar-refractivity contribution < 1.29 is 19.7 Å². The van der Waals surface area contributed by atoms with Crippen molar-refractivity contribution in [1.29, 1.82) is 5.26 Å². The van der Waals surface area contributed by atoms with Crippen molar-refractivity contribution in [3.05, 3.63) is 21.9 Å². The normalized spacial score (nSPS) is 13.8. The van der Waals surface area contributed by atoms with Crippen LogP contribution in [0.15, 0.2) is 12.1 Å². The molecule has 5 nitrogen and oxygen atoms in total. The molecule has 0 aliphatic carbocycles. The number of hydrogen-bond acceptors (Lipinski definition) is 6. The standard InChI is InChI=1S/C11H13NO4S/c1-2-16-11(15)9-4-3-8(17-9)10(14)7(13)5-6-12/h3-4,7,10,13-14H,2,5H2,1H3. The highest BCUT2D eigenvalue weighted by Gasteiger charge is 2.21. The molecule has 0 aliphatic heterocycles. The van der Waals surface area contributed by atoms with E-state index in [1.807, 2.05) is 0 Å². The lowest BCUT2D eigenvalue weighted by Gasteiger charge is -2.12. The lowest BCUT2D eigenvalue weighted by atomic mass is 10.1. The minimum atomic E-state index is -1.15. The van der Waals surface area contributed by atoms with Crippen LogP contribution in [-0.2, 0) is 4.74 Å². The summed E-state index contributed by atoms with van der Waals surface area (Å²) >= 11 is 1.05. The van der Waals surface area contributed by atoms with Gasteiger partial charge in [0, 0.05) is 4.88 Å². The third-order valence-electron chi connectivity index (χ3n) is 2.06. The maximum atomic E-state index is 11.4. The minimum absolute atomic E-state index is 0.159. The Morgan fingerprint density at radius 2 is 2.29 bits per heavy atom.